The third-order valence-electron chi connectivity index (χ3n) is 7.10. The Kier molecular flexibility index (Phi) is 10.2. The van der Waals surface area contributed by atoms with Crippen LogP contribution in [0.15, 0.2) is 48.5 Å². The van der Waals surface area contributed by atoms with Crippen LogP contribution in [0.1, 0.15) is 107 Å². The van der Waals surface area contributed by atoms with Gasteiger partial charge >= 0.3 is 0 Å². The average molecular weight is 415 g/mol. The van der Waals surface area contributed by atoms with E-state index in [1.165, 1.54) is 94.6 Å². The molecule has 166 valence electrons. The summed E-state index contributed by atoms with van der Waals surface area (Å²) in [6.07, 6.45) is 17.8. The van der Waals surface area contributed by atoms with E-state index in [4.69, 9.17) is 0 Å². The molecule has 0 saturated heterocycles. The molecule has 3 rings (SSSR count). The first kappa shape index (κ1) is 23.7. The fourth-order valence-corrected chi connectivity index (χ4v) is 4.90. The molecule has 1 aliphatic rings. The lowest BCUT2D eigenvalue weighted by Gasteiger charge is -2.28. The Morgan fingerprint density at radius 2 is 1.06 bits per heavy atom. The molecule has 2 aromatic carbocycles. The van der Waals surface area contributed by atoms with Gasteiger partial charge in [0.2, 0.25) is 0 Å². The summed E-state index contributed by atoms with van der Waals surface area (Å²) in [5, 5.41) is 0. The minimum absolute atomic E-state index is 0.946. The molecule has 1 aliphatic carbocycles. The molecule has 0 aliphatic heterocycles. The van der Waals surface area contributed by atoms with Gasteiger partial charge in [-0.05, 0) is 72.9 Å². The molecule has 1 fully saturated rings. The van der Waals surface area contributed by atoms with Gasteiger partial charge in [-0.25, -0.2) is 0 Å². The lowest BCUT2D eigenvalue weighted by Crippen LogP contribution is -2.15. The van der Waals surface area contributed by atoms with Gasteiger partial charge in [-0.2, -0.15) is 0 Å². The van der Waals surface area contributed by atoms with Crippen molar-refractivity contribution in [2.24, 2.45) is 11.8 Å². The molecule has 0 radical (unpaired) electrons. The zero-order valence-electron chi connectivity index (χ0n) is 20.0. The van der Waals surface area contributed by atoms with Gasteiger partial charge in [0, 0.05) is 11.1 Å². The van der Waals surface area contributed by atoms with Gasteiger partial charge in [0.1, 0.15) is 0 Å². The molecule has 0 heterocycles. The summed E-state index contributed by atoms with van der Waals surface area (Å²) in [7, 11) is 0. The van der Waals surface area contributed by atoms with E-state index in [2.05, 4.69) is 74.2 Å². The fourth-order valence-electron chi connectivity index (χ4n) is 4.90. The zero-order chi connectivity index (χ0) is 21.7. The summed E-state index contributed by atoms with van der Waals surface area (Å²) in [5.74, 6) is 8.62. The topological polar surface area (TPSA) is 0 Å². The Morgan fingerprint density at radius 3 is 1.58 bits per heavy atom. The van der Waals surface area contributed by atoms with Crippen LogP contribution in [-0.2, 0) is 12.8 Å². The second-order valence-corrected chi connectivity index (χ2v) is 9.67. The molecule has 0 nitrogen and oxygen atoms in total. The molecular weight excluding hydrogens is 372 g/mol. The molecule has 0 bridgehead atoms. The first-order valence-corrected chi connectivity index (χ1v) is 13.0. The lowest BCUT2D eigenvalue weighted by molar-refractivity contribution is 0.249. The van der Waals surface area contributed by atoms with E-state index in [0.29, 0.717) is 0 Å². The van der Waals surface area contributed by atoms with Crippen molar-refractivity contribution in [3.63, 3.8) is 0 Å². The Morgan fingerprint density at radius 1 is 0.581 bits per heavy atom. The van der Waals surface area contributed by atoms with Gasteiger partial charge in [0.05, 0.1) is 0 Å². The first-order valence-electron chi connectivity index (χ1n) is 13.0. The summed E-state index contributed by atoms with van der Waals surface area (Å²) < 4.78 is 0. The van der Waals surface area contributed by atoms with Crippen molar-refractivity contribution in [1.82, 2.24) is 0 Å². The first-order chi connectivity index (χ1) is 15.3. The van der Waals surface area contributed by atoms with Gasteiger partial charge in [-0.15, -0.1) is 0 Å². The maximum absolute atomic E-state index is 3.33. The van der Waals surface area contributed by atoms with Crippen molar-refractivity contribution in [2.45, 2.75) is 97.3 Å². The highest BCUT2D eigenvalue weighted by Crippen LogP contribution is 2.34. The molecule has 0 atom stereocenters. The summed E-state index contributed by atoms with van der Waals surface area (Å²) in [5.41, 5.74) is 5.11. The molecule has 0 aromatic heterocycles. The Hall–Kier alpha value is -2.00. The zero-order valence-corrected chi connectivity index (χ0v) is 20.0. The maximum atomic E-state index is 3.33. The van der Waals surface area contributed by atoms with Crippen LogP contribution in [0, 0.1) is 23.7 Å². The highest BCUT2D eigenvalue weighted by Gasteiger charge is 2.20. The van der Waals surface area contributed by atoms with Crippen LogP contribution < -0.4 is 0 Å². The fraction of sp³-hybridized carbons (Fsp3) is 0.548. The van der Waals surface area contributed by atoms with Crippen LogP contribution >= 0.6 is 0 Å². The van der Waals surface area contributed by atoms with E-state index in [1.807, 2.05) is 0 Å². The number of rotatable bonds is 10. The second kappa shape index (κ2) is 13.4. The third-order valence-corrected chi connectivity index (χ3v) is 7.10. The molecule has 31 heavy (non-hydrogen) atoms. The molecule has 0 spiro atoms. The predicted octanol–water partition coefficient (Wildman–Crippen LogP) is 8.75. The minimum Gasteiger partial charge on any atom is -0.0654 e. The molecule has 0 unspecified atom stereocenters. The van der Waals surface area contributed by atoms with Gasteiger partial charge in [-0.3, -0.25) is 0 Å². The van der Waals surface area contributed by atoms with Crippen molar-refractivity contribution in [2.75, 3.05) is 0 Å². The van der Waals surface area contributed by atoms with Crippen molar-refractivity contribution in [1.29, 1.82) is 0 Å². The smallest absolute Gasteiger partial charge is 0.0249 e. The van der Waals surface area contributed by atoms with Gasteiger partial charge in [0.25, 0.3) is 0 Å². The molecule has 0 N–H and O–H groups in total. The van der Waals surface area contributed by atoms with Crippen molar-refractivity contribution in [3.8, 4) is 11.8 Å². The number of hydrogen-bond donors (Lipinski definition) is 0. The van der Waals surface area contributed by atoms with Crippen LogP contribution in [0.5, 0.6) is 0 Å². The SMILES string of the molecule is CCCCCC1CCC(CCc2ccc(C#Cc3ccc(CCCC)cc3)cc2)CC1. The van der Waals surface area contributed by atoms with Gasteiger partial charge < -0.3 is 0 Å². The van der Waals surface area contributed by atoms with Crippen molar-refractivity contribution in [3.05, 3.63) is 70.8 Å². The lowest BCUT2D eigenvalue weighted by atomic mass is 9.78. The summed E-state index contributed by atoms with van der Waals surface area (Å²) in [6.45, 7) is 4.55. The predicted molar refractivity (Wildman–Crippen MR) is 135 cm³/mol. The largest absolute Gasteiger partial charge is 0.0654 e. The second-order valence-electron chi connectivity index (χ2n) is 9.67. The number of aryl methyl sites for hydroxylation is 2. The average Bonchev–Trinajstić information content (AvgIpc) is 2.82. The van der Waals surface area contributed by atoms with Crippen LogP contribution in [0.3, 0.4) is 0 Å². The molecule has 2 aromatic rings. The molecule has 0 heteroatoms. The number of unbranched alkanes of at least 4 members (excludes halogenated alkanes) is 3. The highest BCUT2D eigenvalue weighted by molar-refractivity contribution is 5.44. The number of benzene rings is 2. The van der Waals surface area contributed by atoms with Crippen LogP contribution in [0.4, 0.5) is 0 Å². The number of hydrogen-bond acceptors (Lipinski definition) is 0. The Balaban J connectivity index is 1.40. The van der Waals surface area contributed by atoms with Crippen LogP contribution in [0.25, 0.3) is 0 Å². The van der Waals surface area contributed by atoms with Crippen LogP contribution in [-0.4, -0.2) is 0 Å². The van der Waals surface area contributed by atoms with E-state index in [0.717, 1.165) is 23.0 Å². The van der Waals surface area contributed by atoms with E-state index in [9.17, 15) is 0 Å². The monoisotopic (exact) mass is 414 g/mol. The van der Waals surface area contributed by atoms with E-state index >= 15 is 0 Å². The molecular formula is C31H42. The summed E-state index contributed by atoms with van der Waals surface area (Å²) in [6, 6.07) is 17.7. The Labute approximate surface area is 191 Å². The standard InChI is InChI=1S/C31H42/c1-3-5-7-9-27-12-16-29(17-13-27)19-21-31-24-22-30(23-25-31)20-18-28-14-10-26(11-15-28)8-6-4-2/h10-11,14-15,22-25,27,29H,3-9,12-13,16-17,19,21H2,1-2H3. The van der Waals surface area contributed by atoms with Crippen molar-refractivity contribution < 1.29 is 0 Å². The van der Waals surface area contributed by atoms with E-state index in [1.54, 1.807) is 0 Å². The Bertz CT molecular complexity index is 792. The van der Waals surface area contributed by atoms with E-state index < -0.39 is 0 Å². The maximum Gasteiger partial charge on any atom is 0.0249 e. The third kappa shape index (κ3) is 8.57. The summed E-state index contributed by atoms with van der Waals surface area (Å²) >= 11 is 0. The normalized spacial score (nSPS) is 18.4. The minimum atomic E-state index is 0.946. The van der Waals surface area contributed by atoms with Gasteiger partial charge in [-0.1, -0.05) is 108 Å². The highest BCUT2D eigenvalue weighted by atomic mass is 14.3. The van der Waals surface area contributed by atoms with Crippen molar-refractivity contribution >= 4 is 0 Å². The van der Waals surface area contributed by atoms with Crippen LogP contribution in [0.2, 0.25) is 0 Å². The quantitative estimate of drug-likeness (QED) is 0.269. The molecule has 0 amide bonds. The summed E-state index contributed by atoms with van der Waals surface area (Å²) in [4.78, 5) is 0. The van der Waals surface area contributed by atoms with E-state index in [-0.39, 0.29) is 0 Å². The molecule has 1 saturated carbocycles. The van der Waals surface area contributed by atoms with Gasteiger partial charge in [0.15, 0.2) is 0 Å².